The fourth-order valence-corrected chi connectivity index (χ4v) is 1.99. The van der Waals surface area contributed by atoms with Crippen LogP contribution >= 0.6 is 0 Å². The highest BCUT2D eigenvalue weighted by Crippen LogP contribution is 2.13. The smallest absolute Gasteiger partial charge is 0.275 e. The lowest BCUT2D eigenvalue weighted by Gasteiger charge is -2.00. The minimum Gasteiger partial charge on any atom is -0.300 e. The molecule has 0 atom stereocenters. The number of hydrazone groups is 1. The molecule has 1 aromatic rings. The molecule has 6 nitrogen and oxygen atoms in total. The lowest BCUT2D eigenvalue weighted by molar-refractivity contribution is -0.124. The first-order valence-electron chi connectivity index (χ1n) is 5.89. The Labute approximate surface area is 110 Å². The average molecular weight is 260 g/mol. The van der Waals surface area contributed by atoms with Crippen LogP contribution in [0, 0.1) is 6.92 Å². The number of nitrogens with zero attached hydrogens (tertiary/aromatic N) is 3. The lowest BCUT2D eigenvalue weighted by atomic mass is 10.1. The summed E-state index contributed by atoms with van der Waals surface area (Å²) in [5.41, 5.74) is 2.52. The molecule has 1 amide bonds. The highest BCUT2D eigenvalue weighted by atomic mass is 16.2. The fourth-order valence-electron chi connectivity index (χ4n) is 1.99. The van der Waals surface area contributed by atoms with Crippen LogP contribution in [0.4, 0.5) is 0 Å². The van der Waals surface area contributed by atoms with E-state index in [1.54, 1.807) is 39.2 Å². The van der Waals surface area contributed by atoms with Crippen LogP contribution in [0.1, 0.15) is 18.2 Å². The third-order valence-electron chi connectivity index (χ3n) is 3.01. The summed E-state index contributed by atoms with van der Waals surface area (Å²) in [4.78, 5) is 23.5. The van der Waals surface area contributed by atoms with Gasteiger partial charge in [-0.2, -0.15) is 5.10 Å². The van der Waals surface area contributed by atoms with E-state index in [4.69, 9.17) is 0 Å². The van der Waals surface area contributed by atoms with E-state index in [1.807, 2.05) is 6.92 Å². The monoisotopic (exact) mass is 260 g/mol. The number of rotatable bonds is 2. The summed E-state index contributed by atoms with van der Waals surface area (Å²) in [5.74, 6) is -0.138. The third-order valence-corrected chi connectivity index (χ3v) is 3.01. The molecular formula is C13H16N4O2. The van der Waals surface area contributed by atoms with Gasteiger partial charge in [-0.05, 0) is 26.0 Å². The molecule has 1 aromatic heterocycles. The molecule has 1 aliphatic rings. The van der Waals surface area contributed by atoms with E-state index in [9.17, 15) is 9.59 Å². The summed E-state index contributed by atoms with van der Waals surface area (Å²) >= 11 is 0. The molecule has 0 radical (unpaired) electrons. The number of carbonyl (C=O) groups excluding carboxylic acids is 1. The Hall–Kier alpha value is -2.37. The zero-order valence-electron chi connectivity index (χ0n) is 11.4. The molecule has 0 saturated carbocycles. The van der Waals surface area contributed by atoms with Gasteiger partial charge in [0.05, 0.1) is 16.8 Å². The van der Waals surface area contributed by atoms with Gasteiger partial charge in [0.1, 0.15) is 0 Å². The maximum Gasteiger partial charge on any atom is 0.275 e. The molecule has 2 rings (SSSR count). The average Bonchev–Trinajstić information content (AvgIpc) is 2.72. The molecule has 19 heavy (non-hydrogen) atoms. The van der Waals surface area contributed by atoms with Crippen molar-refractivity contribution in [1.29, 1.82) is 0 Å². The molecule has 0 saturated heterocycles. The quantitative estimate of drug-likeness (QED) is 0.799. The van der Waals surface area contributed by atoms with Crippen molar-refractivity contribution in [2.24, 2.45) is 12.1 Å². The second-order valence-corrected chi connectivity index (χ2v) is 4.47. The van der Waals surface area contributed by atoms with Crippen LogP contribution in [-0.4, -0.2) is 33.5 Å². The molecule has 1 N–H and O–H groups in total. The standard InChI is InChI=1S/C13H16N4O2/c1-8-10(12(18)16(3)14-8)6-5-7-11-9(2)15-17(4)13(11)19/h5-7,14H,1-4H3/b6-5+,11-7-. The lowest BCUT2D eigenvalue weighted by Crippen LogP contribution is -2.16. The van der Waals surface area contributed by atoms with Gasteiger partial charge in [0.15, 0.2) is 0 Å². The number of hydrogen-bond donors (Lipinski definition) is 1. The van der Waals surface area contributed by atoms with Gasteiger partial charge in [-0.25, -0.2) is 5.01 Å². The van der Waals surface area contributed by atoms with E-state index in [2.05, 4.69) is 10.2 Å². The Kier molecular flexibility index (Phi) is 3.25. The Morgan fingerprint density at radius 1 is 1.21 bits per heavy atom. The summed E-state index contributed by atoms with van der Waals surface area (Å²) < 4.78 is 1.42. The number of carbonyl (C=O) groups is 1. The SMILES string of the molecule is CC1=NN(C)C(=O)/C1=C\C=C\c1c(C)[nH]n(C)c1=O. The van der Waals surface area contributed by atoms with Gasteiger partial charge in [-0.3, -0.25) is 19.4 Å². The van der Waals surface area contributed by atoms with Crippen molar-refractivity contribution in [3.05, 3.63) is 39.3 Å². The highest BCUT2D eigenvalue weighted by Gasteiger charge is 2.23. The van der Waals surface area contributed by atoms with E-state index >= 15 is 0 Å². The van der Waals surface area contributed by atoms with Crippen molar-refractivity contribution in [3.63, 3.8) is 0 Å². The van der Waals surface area contributed by atoms with Crippen LogP contribution in [-0.2, 0) is 11.8 Å². The maximum atomic E-state index is 11.8. The van der Waals surface area contributed by atoms with Crippen molar-refractivity contribution >= 4 is 17.7 Å². The molecule has 0 aliphatic carbocycles. The Balaban J connectivity index is 2.28. The first-order valence-corrected chi connectivity index (χ1v) is 5.89. The third kappa shape index (κ3) is 2.29. The van der Waals surface area contributed by atoms with Crippen molar-refractivity contribution in [2.45, 2.75) is 13.8 Å². The van der Waals surface area contributed by atoms with Gasteiger partial charge in [0, 0.05) is 19.8 Å². The zero-order valence-corrected chi connectivity index (χ0v) is 11.4. The van der Waals surface area contributed by atoms with Crippen molar-refractivity contribution < 1.29 is 4.79 Å². The Morgan fingerprint density at radius 2 is 1.89 bits per heavy atom. The van der Waals surface area contributed by atoms with Gasteiger partial charge in [0.25, 0.3) is 11.5 Å². The van der Waals surface area contributed by atoms with Crippen molar-refractivity contribution in [2.75, 3.05) is 7.05 Å². The number of amides is 1. The van der Waals surface area contributed by atoms with Crippen molar-refractivity contribution in [3.8, 4) is 0 Å². The molecule has 100 valence electrons. The molecule has 0 fully saturated rings. The molecule has 0 unspecified atom stereocenters. The van der Waals surface area contributed by atoms with Gasteiger partial charge in [-0.15, -0.1) is 0 Å². The Bertz CT molecular complexity index is 673. The Morgan fingerprint density at radius 3 is 2.37 bits per heavy atom. The molecule has 1 aliphatic heterocycles. The van der Waals surface area contributed by atoms with E-state index in [0.29, 0.717) is 16.8 Å². The number of aryl methyl sites for hydroxylation is 2. The number of hydrogen-bond acceptors (Lipinski definition) is 3. The van der Waals surface area contributed by atoms with E-state index in [1.165, 1.54) is 9.69 Å². The predicted molar refractivity (Wildman–Crippen MR) is 73.8 cm³/mol. The number of H-pyrrole nitrogens is 1. The second kappa shape index (κ2) is 4.72. The molecule has 0 aromatic carbocycles. The van der Waals surface area contributed by atoms with Crippen LogP contribution in [0.5, 0.6) is 0 Å². The summed E-state index contributed by atoms with van der Waals surface area (Å²) in [6.07, 6.45) is 5.07. The fraction of sp³-hybridized carbons (Fsp3) is 0.308. The highest BCUT2D eigenvalue weighted by molar-refractivity contribution is 6.23. The number of nitrogens with one attached hydrogen (secondary N) is 1. The number of aromatic amines is 1. The zero-order chi connectivity index (χ0) is 14.2. The molecule has 0 bridgehead atoms. The minimum absolute atomic E-state index is 0.0904. The van der Waals surface area contributed by atoms with Crippen LogP contribution in [0.3, 0.4) is 0 Å². The molecule has 0 spiro atoms. The van der Waals surface area contributed by atoms with Gasteiger partial charge >= 0.3 is 0 Å². The predicted octanol–water partition coefficient (Wildman–Crippen LogP) is 0.809. The maximum absolute atomic E-state index is 11.8. The summed E-state index contributed by atoms with van der Waals surface area (Å²) in [6.45, 7) is 3.61. The normalized spacial score (nSPS) is 17.9. The van der Waals surface area contributed by atoms with E-state index < -0.39 is 0 Å². The van der Waals surface area contributed by atoms with Crippen LogP contribution in [0.15, 0.2) is 27.6 Å². The van der Waals surface area contributed by atoms with E-state index in [0.717, 1.165) is 5.69 Å². The topological polar surface area (TPSA) is 70.5 Å². The summed E-state index contributed by atoms with van der Waals surface area (Å²) in [6, 6.07) is 0. The van der Waals surface area contributed by atoms with Gasteiger partial charge in [-0.1, -0.05) is 6.08 Å². The number of aromatic nitrogens is 2. The number of allylic oxidation sites excluding steroid dienone is 2. The van der Waals surface area contributed by atoms with Crippen LogP contribution < -0.4 is 5.56 Å². The largest absolute Gasteiger partial charge is 0.300 e. The van der Waals surface area contributed by atoms with Gasteiger partial charge in [0.2, 0.25) is 0 Å². The summed E-state index contributed by atoms with van der Waals surface area (Å²) in [7, 11) is 3.28. The minimum atomic E-state index is -0.138. The first kappa shape index (κ1) is 13.1. The molecule has 2 heterocycles. The van der Waals surface area contributed by atoms with Crippen molar-refractivity contribution in [1.82, 2.24) is 14.8 Å². The van der Waals surface area contributed by atoms with Crippen LogP contribution in [0.2, 0.25) is 0 Å². The van der Waals surface area contributed by atoms with Gasteiger partial charge < -0.3 is 0 Å². The molecular weight excluding hydrogens is 244 g/mol. The first-order chi connectivity index (χ1) is 8.91. The summed E-state index contributed by atoms with van der Waals surface area (Å²) in [5, 5.41) is 8.26. The molecule has 6 heteroatoms. The van der Waals surface area contributed by atoms with E-state index in [-0.39, 0.29) is 11.5 Å². The van der Waals surface area contributed by atoms with Crippen LogP contribution in [0.25, 0.3) is 6.08 Å². The number of likely N-dealkylation sites (N-methyl/N-ethyl adjacent to an activating group) is 1. The second-order valence-electron chi connectivity index (χ2n) is 4.47.